The third-order valence-electron chi connectivity index (χ3n) is 5.19. The van der Waals surface area contributed by atoms with E-state index < -0.39 is 5.82 Å². The number of benzene rings is 2. The molecule has 1 atom stereocenters. The van der Waals surface area contributed by atoms with Gasteiger partial charge < -0.3 is 14.5 Å². The molecule has 2 heterocycles. The van der Waals surface area contributed by atoms with Crippen LogP contribution in [-0.2, 0) is 4.79 Å². The zero-order valence-electron chi connectivity index (χ0n) is 17.5. The Hall–Kier alpha value is -3.45. The molecule has 1 amide bonds. The molecule has 0 spiro atoms. The second-order valence-electron chi connectivity index (χ2n) is 7.46. The van der Waals surface area contributed by atoms with Crippen molar-refractivity contribution < 1.29 is 13.9 Å². The number of hydrogen-bond donors (Lipinski definition) is 0. The lowest BCUT2D eigenvalue weighted by Gasteiger charge is -2.40. The van der Waals surface area contributed by atoms with Crippen LogP contribution >= 0.6 is 11.6 Å². The average Bonchev–Trinajstić information content (AvgIpc) is 2.80. The molecule has 1 aliphatic rings. The van der Waals surface area contributed by atoms with Gasteiger partial charge in [-0.3, -0.25) is 4.79 Å². The van der Waals surface area contributed by atoms with Crippen molar-refractivity contribution in [1.82, 2.24) is 14.9 Å². The Bertz CT molecular complexity index is 1130. The summed E-state index contributed by atoms with van der Waals surface area (Å²) >= 11 is 5.79. The number of piperazine rings is 1. The molecule has 2 aromatic carbocycles. The first-order chi connectivity index (χ1) is 15.5. The third-order valence-corrected chi connectivity index (χ3v) is 5.42. The minimum absolute atomic E-state index is 0.00952. The van der Waals surface area contributed by atoms with E-state index in [1.807, 2.05) is 48.2 Å². The maximum atomic E-state index is 14.0. The molecule has 1 fully saturated rings. The highest BCUT2D eigenvalue weighted by atomic mass is 35.5. The molecule has 1 saturated heterocycles. The first-order valence-electron chi connectivity index (χ1n) is 10.2. The number of ether oxygens (including phenoxy) is 1. The molecule has 0 saturated carbocycles. The van der Waals surface area contributed by atoms with E-state index in [1.54, 1.807) is 18.2 Å². The van der Waals surface area contributed by atoms with Gasteiger partial charge in [-0.25, -0.2) is 14.4 Å². The molecule has 0 radical (unpaired) electrons. The molecule has 6 nitrogen and oxygen atoms in total. The number of halogens is 2. The normalized spacial score (nSPS) is 16.4. The Morgan fingerprint density at radius 3 is 2.72 bits per heavy atom. The lowest BCUT2D eigenvalue weighted by Crippen LogP contribution is -2.54. The number of nitrogens with zero attached hydrogens (tertiary/aromatic N) is 4. The van der Waals surface area contributed by atoms with Gasteiger partial charge in [0.2, 0.25) is 11.8 Å². The Kier molecular flexibility index (Phi) is 6.66. The summed E-state index contributed by atoms with van der Waals surface area (Å²) in [4.78, 5) is 25.0. The summed E-state index contributed by atoms with van der Waals surface area (Å²) in [6.45, 7) is 3.78. The summed E-state index contributed by atoms with van der Waals surface area (Å²) in [6, 6.07) is 15.6. The highest BCUT2D eigenvalue weighted by Crippen LogP contribution is 2.27. The van der Waals surface area contributed by atoms with Gasteiger partial charge in [-0.15, -0.1) is 0 Å². The summed E-state index contributed by atoms with van der Waals surface area (Å²) in [5.74, 6) is 0.331. The van der Waals surface area contributed by atoms with Crippen LogP contribution in [-0.4, -0.2) is 46.5 Å². The van der Waals surface area contributed by atoms with Gasteiger partial charge in [0.15, 0.2) is 11.6 Å². The van der Waals surface area contributed by atoms with Crippen LogP contribution in [0.5, 0.6) is 11.6 Å². The molecule has 4 rings (SSSR count). The van der Waals surface area contributed by atoms with Crippen molar-refractivity contribution in [2.75, 3.05) is 24.5 Å². The summed E-state index contributed by atoms with van der Waals surface area (Å²) in [5, 5.41) is 0.290. The van der Waals surface area contributed by atoms with Crippen molar-refractivity contribution in [3.05, 3.63) is 83.4 Å². The zero-order chi connectivity index (χ0) is 22.5. The van der Waals surface area contributed by atoms with Gasteiger partial charge in [0.1, 0.15) is 12.1 Å². The predicted octanol–water partition coefficient (Wildman–Crippen LogP) is 4.81. The fraction of sp³-hybridized carbons (Fsp3) is 0.208. The van der Waals surface area contributed by atoms with Crippen molar-refractivity contribution in [2.24, 2.45) is 0 Å². The van der Waals surface area contributed by atoms with Gasteiger partial charge >= 0.3 is 0 Å². The quantitative estimate of drug-likeness (QED) is 0.520. The van der Waals surface area contributed by atoms with Crippen LogP contribution in [0.4, 0.5) is 10.2 Å². The highest BCUT2D eigenvalue weighted by molar-refractivity contribution is 6.30. The number of hydrogen-bond acceptors (Lipinski definition) is 5. The monoisotopic (exact) mass is 452 g/mol. The molecular formula is C24H22ClFN4O2. The summed E-state index contributed by atoms with van der Waals surface area (Å²) in [6.07, 6.45) is 4.81. The van der Waals surface area contributed by atoms with Gasteiger partial charge in [0, 0.05) is 42.8 Å². The van der Waals surface area contributed by atoms with E-state index in [1.165, 1.54) is 18.5 Å². The predicted molar refractivity (Wildman–Crippen MR) is 122 cm³/mol. The number of carbonyl (C=O) groups is 1. The second-order valence-corrected chi connectivity index (χ2v) is 7.90. The third kappa shape index (κ3) is 5.23. The fourth-order valence-corrected chi connectivity index (χ4v) is 3.71. The minimum atomic E-state index is -0.568. The molecule has 0 bridgehead atoms. The lowest BCUT2D eigenvalue weighted by molar-refractivity contribution is -0.128. The van der Waals surface area contributed by atoms with Crippen LogP contribution in [0.15, 0.2) is 67.0 Å². The minimum Gasteiger partial charge on any atom is -0.436 e. The summed E-state index contributed by atoms with van der Waals surface area (Å²) in [5.41, 5.74) is 0.984. The van der Waals surface area contributed by atoms with E-state index in [9.17, 15) is 9.18 Å². The first-order valence-corrected chi connectivity index (χ1v) is 10.6. The van der Waals surface area contributed by atoms with E-state index in [4.69, 9.17) is 16.3 Å². The highest BCUT2D eigenvalue weighted by Gasteiger charge is 2.27. The number of amides is 1. The van der Waals surface area contributed by atoms with Gasteiger partial charge in [-0.05, 0) is 36.8 Å². The molecule has 8 heteroatoms. The first kappa shape index (κ1) is 21.8. The van der Waals surface area contributed by atoms with E-state index in [0.29, 0.717) is 30.5 Å². The van der Waals surface area contributed by atoms with E-state index in [-0.39, 0.29) is 23.6 Å². The molecule has 1 unspecified atom stereocenters. The lowest BCUT2D eigenvalue weighted by atomic mass is 10.1. The van der Waals surface area contributed by atoms with Crippen LogP contribution in [0.1, 0.15) is 12.5 Å². The molecule has 164 valence electrons. The molecular weight excluding hydrogens is 431 g/mol. The van der Waals surface area contributed by atoms with Crippen molar-refractivity contribution in [1.29, 1.82) is 0 Å². The molecule has 1 aromatic heterocycles. The van der Waals surface area contributed by atoms with Crippen molar-refractivity contribution in [3.8, 4) is 11.6 Å². The Labute approximate surface area is 190 Å². The van der Waals surface area contributed by atoms with Crippen LogP contribution in [0.25, 0.3) is 6.08 Å². The largest absolute Gasteiger partial charge is 0.436 e. The van der Waals surface area contributed by atoms with Crippen LogP contribution in [0.2, 0.25) is 5.02 Å². The standard InChI is InChI=1S/C24H22ClFN4O2/c1-17-15-29(11-12-30(17)24(31)10-7-18-5-3-2-4-6-18)22-14-23(28-16-27-22)32-21-9-8-19(25)13-20(21)26/h2-10,13-14,16-17H,11-12,15H2,1H3/b10-7+. The second kappa shape index (κ2) is 9.78. The van der Waals surface area contributed by atoms with E-state index in [0.717, 1.165) is 5.56 Å². The number of aromatic nitrogens is 2. The van der Waals surface area contributed by atoms with Gasteiger partial charge in [-0.1, -0.05) is 41.9 Å². The van der Waals surface area contributed by atoms with Gasteiger partial charge in [0.05, 0.1) is 0 Å². The topological polar surface area (TPSA) is 58.6 Å². The summed E-state index contributed by atoms with van der Waals surface area (Å²) in [7, 11) is 0. The average molecular weight is 453 g/mol. The Balaban J connectivity index is 1.40. The Morgan fingerprint density at radius 2 is 1.97 bits per heavy atom. The van der Waals surface area contributed by atoms with Crippen molar-refractivity contribution in [3.63, 3.8) is 0 Å². The number of carbonyl (C=O) groups excluding carboxylic acids is 1. The fourth-order valence-electron chi connectivity index (χ4n) is 3.55. The van der Waals surface area contributed by atoms with Crippen molar-refractivity contribution in [2.45, 2.75) is 13.0 Å². The van der Waals surface area contributed by atoms with Crippen LogP contribution < -0.4 is 9.64 Å². The molecule has 32 heavy (non-hydrogen) atoms. The van der Waals surface area contributed by atoms with Crippen LogP contribution in [0, 0.1) is 5.82 Å². The van der Waals surface area contributed by atoms with E-state index in [2.05, 4.69) is 14.9 Å². The van der Waals surface area contributed by atoms with Crippen molar-refractivity contribution >= 4 is 29.4 Å². The Morgan fingerprint density at radius 1 is 1.16 bits per heavy atom. The maximum Gasteiger partial charge on any atom is 0.246 e. The molecule has 0 N–H and O–H groups in total. The maximum absolute atomic E-state index is 14.0. The SMILES string of the molecule is CC1CN(c2cc(Oc3ccc(Cl)cc3F)ncn2)CCN1C(=O)/C=C/c1ccccc1. The number of anilines is 1. The van der Waals surface area contributed by atoms with Gasteiger partial charge in [-0.2, -0.15) is 0 Å². The zero-order valence-corrected chi connectivity index (χ0v) is 18.2. The molecule has 1 aliphatic heterocycles. The van der Waals surface area contributed by atoms with E-state index >= 15 is 0 Å². The van der Waals surface area contributed by atoms with Crippen LogP contribution in [0.3, 0.4) is 0 Å². The van der Waals surface area contributed by atoms with Gasteiger partial charge in [0.25, 0.3) is 0 Å². The molecule has 3 aromatic rings. The molecule has 0 aliphatic carbocycles. The smallest absolute Gasteiger partial charge is 0.246 e. The number of rotatable bonds is 5. The summed E-state index contributed by atoms with van der Waals surface area (Å²) < 4.78 is 19.6.